The third kappa shape index (κ3) is 4.82. The normalized spacial score (nSPS) is 12.5. The minimum Gasteiger partial charge on any atom is -0.493 e. The molecule has 0 aromatic heterocycles. The zero-order chi connectivity index (χ0) is 19.1. The summed E-state index contributed by atoms with van der Waals surface area (Å²) in [6.45, 7) is 0.413. The second-order valence-corrected chi connectivity index (χ2v) is 5.59. The Hall–Kier alpha value is -3.41. The van der Waals surface area contributed by atoms with Gasteiger partial charge in [0.05, 0.1) is 14.2 Å². The molecule has 1 aliphatic heterocycles. The van der Waals surface area contributed by atoms with E-state index in [4.69, 9.17) is 23.7 Å². The molecule has 2 aromatic carbocycles. The topological polar surface area (TPSA) is 63.2 Å². The minimum absolute atomic E-state index is 0.170. The highest BCUT2D eigenvalue weighted by Gasteiger charge is 2.12. The fraction of sp³-hybridized carbons (Fsp3) is 0.190. The zero-order valence-electron chi connectivity index (χ0n) is 15.1. The molecular weight excluding hydrogens is 348 g/mol. The van der Waals surface area contributed by atoms with E-state index in [1.165, 1.54) is 6.08 Å². The Labute approximate surface area is 157 Å². The van der Waals surface area contributed by atoms with Gasteiger partial charge in [-0.15, -0.1) is 0 Å². The van der Waals surface area contributed by atoms with E-state index in [9.17, 15) is 4.79 Å². The monoisotopic (exact) mass is 368 g/mol. The fourth-order valence-corrected chi connectivity index (χ4v) is 2.50. The maximum atomic E-state index is 11.8. The van der Waals surface area contributed by atoms with E-state index in [2.05, 4.69) is 0 Å². The molecule has 6 nitrogen and oxygen atoms in total. The van der Waals surface area contributed by atoms with Crippen LogP contribution in [0.1, 0.15) is 11.1 Å². The van der Waals surface area contributed by atoms with Crippen molar-refractivity contribution < 1.29 is 28.5 Å². The van der Waals surface area contributed by atoms with Crippen LogP contribution in [0.2, 0.25) is 0 Å². The number of carbonyl (C=O) groups is 1. The van der Waals surface area contributed by atoms with Crippen molar-refractivity contribution in [2.45, 2.75) is 0 Å². The van der Waals surface area contributed by atoms with Gasteiger partial charge in [0.1, 0.15) is 6.61 Å². The molecule has 1 aliphatic rings. The number of hydrogen-bond acceptors (Lipinski definition) is 6. The first kappa shape index (κ1) is 18.4. The summed E-state index contributed by atoms with van der Waals surface area (Å²) >= 11 is 0. The quantitative estimate of drug-likeness (QED) is 0.548. The first-order valence-corrected chi connectivity index (χ1v) is 8.32. The number of ether oxygens (including phenoxy) is 5. The van der Waals surface area contributed by atoms with Gasteiger partial charge in [-0.25, -0.2) is 4.79 Å². The highest BCUT2D eigenvalue weighted by Crippen LogP contribution is 2.32. The SMILES string of the molecule is COc1ccc(/C=C/C(=O)OC/C=C\c2ccc3c(c2)OCO3)cc1OC. The number of fused-ring (bicyclic) bond motifs is 1. The van der Waals surface area contributed by atoms with E-state index >= 15 is 0 Å². The number of methoxy groups -OCH3 is 2. The van der Waals surface area contributed by atoms with Crippen LogP contribution in [0.5, 0.6) is 23.0 Å². The van der Waals surface area contributed by atoms with Crippen LogP contribution in [0.15, 0.2) is 48.6 Å². The molecule has 0 bridgehead atoms. The van der Waals surface area contributed by atoms with Crippen molar-refractivity contribution >= 4 is 18.1 Å². The van der Waals surface area contributed by atoms with Crippen LogP contribution in [-0.4, -0.2) is 33.6 Å². The standard InChI is InChI=1S/C21H20O6/c1-23-17-8-5-16(12-19(17)24-2)7-10-21(22)25-11-3-4-15-6-9-18-20(13-15)27-14-26-18/h3-10,12-13H,11,14H2,1-2H3/b4-3-,10-7+. The van der Waals surface area contributed by atoms with Crippen LogP contribution in [0.4, 0.5) is 0 Å². The second kappa shape index (κ2) is 8.80. The van der Waals surface area contributed by atoms with Gasteiger partial charge in [-0.05, 0) is 47.5 Å². The van der Waals surface area contributed by atoms with E-state index in [-0.39, 0.29) is 13.4 Å². The van der Waals surface area contributed by atoms with Crippen LogP contribution in [0.3, 0.4) is 0 Å². The van der Waals surface area contributed by atoms with Gasteiger partial charge in [-0.1, -0.05) is 18.2 Å². The van der Waals surface area contributed by atoms with Crippen molar-refractivity contribution in [2.75, 3.05) is 27.6 Å². The molecule has 0 N–H and O–H groups in total. The summed E-state index contributed by atoms with van der Waals surface area (Å²) < 4.78 is 26.2. The maximum absolute atomic E-state index is 11.8. The molecule has 0 radical (unpaired) electrons. The van der Waals surface area contributed by atoms with Gasteiger partial charge < -0.3 is 23.7 Å². The predicted octanol–water partition coefficient (Wildman–Crippen LogP) is 3.70. The van der Waals surface area contributed by atoms with Gasteiger partial charge >= 0.3 is 5.97 Å². The predicted molar refractivity (Wildman–Crippen MR) is 101 cm³/mol. The van der Waals surface area contributed by atoms with Crippen molar-refractivity contribution in [1.29, 1.82) is 0 Å². The Kier molecular flexibility index (Phi) is 5.99. The molecule has 140 valence electrons. The van der Waals surface area contributed by atoms with Crippen molar-refractivity contribution in [3.8, 4) is 23.0 Å². The first-order valence-electron chi connectivity index (χ1n) is 8.32. The third-order valence-corrected chi connectivity index (χ3v) is 3.85. The molecule has 27 heavy (non-hydrogen) atoms. The molecule has 0 fully saturated rings. The second-order valence-electron chi connectivity index (χ2n) is 5.59. The Bertz CT molecular complexity index is 869. The van der Waals surface area contributed by atoms with E-state index in [0.717, 1.165) is 16.9 Å². The van der Waals surface area contributed by atoms with E-state index < -0.39 is 5.97 Å². The van der Waals surface area contributed by atoms with Crippen molar-refractivity contribution in [1.82, 2.24) is 0 Å². The summed E-state index contributed by atoms with van der Waals surface area (Å²) in [5, 5.41) is 0. The molecule has 0 saturated carbocycles. The van der Waals surface area contributed by atoms with Crippen LogP contribution < -0.4 is 18.9 Å². The Morgan fingerprint density at radius 2 is 1.70 bits per heavy atom. The summed E-state index contributed by atoms with van der Waals surface area (Å²) in [7, 11) is 3.13. The van der Waals surface area contributed by atoms with Crippen LogP contribution >= 0.6 is 0 Å². The molecule has 0 aliphatic carbocycles. The highest BCUT2D eigenvalue weighted by molar-refractivity contribution is 5.87. The smallest absolute Gasteiger partial charge is 0.331 e. The largest absolute Gasteiger partial charge is 0.493 e. The van der Waals surface area contributed by atoms with Gasteiger partial charge in [0.25, 0.3) is 0 Å². The molecule has 0 amide bonds. The first-order chi connectivity index (χ1) is 13.2. The number of carbonyl (C=O) groups excluding carboxylic acids is 1. The highest BCUT2D eigenvalue weighted by atomic mass is 16.7. The third-order valence-electron chi connectivity index (χ3n) is 3.85. The van der Waals surface area contributed by atoms with Crippen LogP contribution in [-0.2, 0) is 9.53 Å². The van der Waals surface area contributed by atoms with Gasteiger partial charge in [-0.3, -0.25) is 0 Å². The lowest BCUT2D eigenvalue weighted by atomic mass is 10.2. The van der Waals surface area contributed by atoms with Gasteiger partial charge in [0.15, 0.2) is 23.0 Å². The van der Waals surface area contributed by atoms with Crippen LogP contribution in [0, 0.1) is 0 Å². The fourth-order valence-electron chi connectivity index (χ4n) is 2.50. The summed E-state index contributed by atoms with van der Waals surface area (Å²) in [5.74, 6) is 2.25. The van der Waals surface area contributed by atoms with Crippen molar-refractivity contribution in [3.63, 3.8) is 0 Å². The number of hydrogen-bond donors (Lipinski definition) is 0. The average molecular weight is 368 g/mol. The molecule has 2 aromatic rings. The lowest BCUT2D eigenvalue weighted by Gasteiger charge is -2.07. The number of rotatable bonds is 7. The van der Waals surface area contributed by atoms with Gasteiger partial charge in [0, 0.05) is 6.08 Å². The summed E-state index contributed by atoms with van der Waals surface area (Å²) in [6, 6.07) is 11.0. The van der Waals surface area contributed by atoms with Crippen molar-refractivity contribution in [3.05, 3.63) is 59.7 Å². The van der Waals surface area contributed by atoms with Crippen LogP contribution in [0.25, 0.3) is 12.2 Å². The average Bonchev–Trinajstić information content (AvgIpc) is 3.17. The molecule has 0 unspecified atom stereocenters. The van der Waals surface area contributed by atoms with E-state index in [1.807, 2.05) is 30.3 Å². The molecule has 1 heterocycles. The van der Waals surface area contributed by atoms with Crippen molar-refractivity contribution in [2.24, 2.45) is 0 Å². The molecular formula is C21H20O6. The molecule has 0 atom stereocenters. The van der Waals surface area contributed by atoms with E-state index in [1.54, 1.807) is 38.5 Å². The van der Waals surface area contributed by atoms with Gasteiger partial charge in [-0.2, -0.15) is 0 Å². The molecule has 0 spiro atoms. The lowest BCUT2D eigenvalue weighted by Crippen LogP contribution is -1.99. The lowest BCUT2D eigenvalue weighted by molar-refractivity contribution is -0.136. The summed E-state index contributed by atoms with van der Waals surface area (Å²) in [5.41, 5.74) is 1.75. The summed E-state index contributed by atoms with van der Waals surface area (Å²) in [6.07, 6.45) is 6.65. The Balaban J connectivity index is 1.50. The number of benzene rings is 2. The number of esters is 1. The van der Waals surface area contributed by atoms with E-state index in [0.29, 0.717) is 17.2 Å². The Morgan fingerprint density at radius 3 is 2.52 bits per heavy atom. The molecule has 6 heteroatoms. The maximum Gasteiger partial charge on any atom is 0.331 e. The van der Waals surface area contributed by atoms with Gasteiger partial charge in [0.2, 0.25) is 6.79 Å². The zero-order valence-corrected chi connectivity index (χ0v) is 15.1. The molecule has 3 rings (SSSR count). The molecule has 0 saturated heterocycles. The summed E-state index contributed by atoms with van der Waals surface area (Å²) in [4.78, 5) is 11.8. The Morgan fingerprint density at radius 1 is 0.963 bits per heavy atom. The minimum atomic E-state index is -0.430.